The molecule has 2 aromatic heterocycles. The van der Waals surface area contributed by atoms with Crippen molar-refractivity contribution in [2.75, 3.05) is 23.7 Å². The quantitative estimate of drug-likeness (QED) is 0.387. The normalized spacial score (nSPS) is 21.6. The number of piperidine rings is 1. The summed E-state index contributed by atoms with van der Waals surface area (Å²) in [5.41, 5.74) is 6.02. The van der Waals surface area contributed by atoms with Gasteiger partial charge >= 0.3 is 0 Å². The van der Waals surface area contributed by atoms with E-state index in [1.54, 1.807) is 18.0 Å². The molecule has 10 nitrogen and oxygen atoms in total. The predicted octanol–water partition coefficient (Wildman–Crippen LogP) is 4.53. The standard InChI is InChI=1S/C26H31ClF2N8O2/c1-14(38)36-8-2-3-17(13-36)32-25-31-12-21-24(35-25)37(18-6-4-15(5-7-18)9-22(30)39)26(33-21)34-23-19(28)10-16(27)11-20(23)29/h10-12,15,17-18H,2-9,13H2,1H3,(H2,30,39)(H,33,34)(H,31,32,35)/t15-,17-,18+/m1/s1. The summed E-state index contributed by atoms with van der Waals surface area (Å²) in [6, 6.07) is 1.98. The molecule has 1 aliphatic carbocycles. The molecule has 1 aliphatic heterocycles. The van der Waals surface area contributed by atoms with Crippen LogP contribution in [0.1, 0.15) is 57.9 Å². The number of rotatable bonds is 7. The summed E-state index contributed by atoms with van der Waals surface area (Å²) in [5, 5.41) is 6.11. The zero-order valence-electron chi connectivity index (χ0n) is 21.6. The molecule has 2 aliphatic rings. The van der Waals surface area contributed by atoms with Crippen molar-refractivity contribution in [3.05, 3.63) is 35.0 Å². The zero-order chi connectivity index (χ0) is 27.7. The molecule has 1 aromatic carbocycles. The third-order valence-electron chi connectivity index (χ3n) is 7.55. The Morgan fingerprint density at radius 3 is 2.51 bits per heavy atom. The third kappa shape index (κ3) is 6.05. The van der Waals surface area contributed by atoms with Gasteiger partial charge in [0.2, 0.25) is 23.7 Å². The Kier molecular flexibility index (Phi) is 7.83. The van der Waals surface area contributed by atoms with Gasteiger partial charge in [0.25, 0.3) is 0 Å². The summed E-state index contributed by atoms with van der Waals surface area (Å²) >= 11 is 5.81. The van der Waals surface area contributed by atoms with Crippen LogP contribution in [0.4, 0.5) is 26.4 Å². The lowest BCUT2D eigenvalue weighted by Crippen LogP contribution is -2.44. The number of primary amides is 1. The van der Waals surface area contributed by atoms with Gasteiger partial charge in [-0.2, -0.15) is 4.98 Å². The molecule has 5 rings (SSSR count). The third-order valence-corrected chi connectivity index (χ3v) is 7.77. The number of benzene rings is 1. The predicted molar refractivity (Wildman–Crippen MR) is 144 cm³/mol. The lowest BCUT2D eigenvalue weighted by Gasteiger charge is -2.32. The Hall–Kier alpha value is -3.54. The minimum absolute atomic E-state index is 0.00411. The Morgan fingerprint density at radius 1 is 1.13 bits per heavy atom. The van der Waals surface area contributed by atoms with E-state index in [9.17, 15) is 18.4 Å². The van der Waals surface area contributed by atoms with Gasteiger partial charge < -0.3 is 21.3 Å². The topological polar surface area (TPSA) is 131 Å². The molecule has 2 fully saturated rings. The van der Waals surface area contributed by atoms with Gasteiger partial charge in [0.1, 0.15) is 11.2 Å². The number of carbonyl (C=O) groups excluding carboxylic acids is 2. The molecule has 0 radical (unpaired) electrons. The summed E-state index contributed by atoms with van der Waals surface area (Å²) in [4.78, 5) is 38.8. The van der Waals surface area contributed by atoms with Crippen molar-refractivity contribution in [1.82, 2.24) is 24.4 Å². The van der Waals surface area contributed by atoms with Gasteiger partial charge in [0.15, 0.2) is 17.3 Å². The average Bonchev–Trinajstić information content (AvgIpc) is 3.24. The fraction of sp³-hybridized carbons (Fsp3) is 0.500. The largest absolute Gasteiger partial charge is 0.370 e. The fourth-order valence-corrected chi connectivity index (χ4v) is 5.81. The first-order chi connectivity index (χ1) is 18.7. The van der Waals surface area contributed by atoms with Gasteiger partial charge in [0.05, 0.1) is 6.20 Å². The Morgan fingerprint density at radius 2 is 1.85 bits per heavy atom. The summed E-state index contributed by atoms with van der Waals surface area (Å²) in [6.45, 7) is 2.84. The van der Waals surface area contributed by atoms with Gasteiger partial charge in [-0.3, -0.25) is 14.2 Å². The monoisotopic (exact) mass is 560 g/mol. The summed E-state index contributed by atoms with van der Waals surface area (Å²) < 4.78 is 31.2. The number of imidazole rings is 1. The van der Waals surface area contributed by atoms with E-state index >= 15 is 0 Å². The number of halogens is 3. The van der Waals surface area contributed by atoms with E-state index in [-0.39, 0.29) is 46.5 Å². The molecule has 0 unspecified atom stereocenters. The van der Waals surface area contributed by atoms with Crippen LogP contribution in [0.15, 0.2) is 18.3 Å². The highest BCUT2D eigenvalue weighted by atomic mass is 35.5. The molecule has 3 heterocycles. The van der Waals surface area contributed by atoms with Crippen LogP contribution in [-0.4, -0.2) is 55.4 Å². The number of aromatic nitrogens is 4. The fourth-order valence-electron chi connectivity index (χ4n) is 5.62. The van der Waals surface area contributed by atoms with E-state index in [0.717, 1.165) is 44.4 Å². The van der Waals surface area contributed by atoms with Crippen molar-refractivity contribution in [3.8, 4) is 0 Å². The summed E-state index contributed by atoms with van der Waals surface area (Å²) in [6.07, 6.45) is 6.63. The first-order valence-electron chi connectivity index (χ1n) is 13.1. The molecule has 1 saturated carbocycles. The molecule has 1 saturated heterocycles. The van der Waals surface area contributed by atoms with E-state index < -0.39 is 11.6 Å². The maximum Gasteiger partial charge on any atom is 0.225 e. The maximum absolute atomic E-state index is 14.7. The zero-order valence-corrected chi connectivity index (χ0v) is 22.3. The van der Waals surface area contributed by atoms with Crippen LogP contribution in [0.5, 0.6) is 0 Å². The first-order valence-corrected chi connectivity index (χ1v) is 13.5. The molecule has 0 spiro atoms. The second-order valence-electron chi connectivity index (χ2n) is 10.4. The molecular weight excluding hydrogens is 530 g/mol. The maximum atomic E-state index is 14.7. The second kappa shape index (κ2) is 11.3. The van der Waals surface area contributed by atoms with Crippen molar-refractivity contribution >= 4 is 52.2 Å². The highest BCUT2D eigenvalue weighted by molar-refractivity contribution is 6.30. The lowest BCUT2D eigenvalue weighted by atomic mass is 9.84. The Bertz CT molecular complexity index is 1370. The van der Waals surface area contributed by atoms with Gasteiger partial charge in [0, 0.05) is 43.5 Å². The van der Waals surface area contributed by atoms with Crippen LogP contribution >= 0.6 is 11.6 Å². The Balaban J connectivity index is 1.48. The second-order valence-corrected chi connectivity index (χ2v) is 10.8. The number of likely N-dealkylation sites (tertiary alicyclic amines) is 1. The SMILES string of the molecule is CC(=O)N1CCC[C@@H](Nc2ncc3nc(Nc4c(F)cc(Cl)cc4F)n([C@H]4CC[C@@H](CC(N)=O)CC4)c3n2)C1. The van der Waals surface area contributed by atoms with Crippen LogP contribution in [0.25, 0.3) is 11.2 Å². The van der Waals surface area contributed by atoms with Gasteiger partial charge in [-0.15, -0.1) is 0 Å². The van der Waals surface area contributed by atoms with E-state index in [1.807, 2.05) is 4.57 Å². The van der Waals surface area contributed by atoms with E-state index in [2.05, 4.69) is 20.6 Å². The van der Waals surface area contributed by atoms with Gasteiger partial charge in [-0.05, 0) is 56.6 Å². The molecule has 39 heavy (non-hydrogen) atoms. The Labute approximate surface area is 229 Å². The molecule has 3 aromatic rings. The highest BCUT2D eigenvalue weighted by Gasteiger charge is 2.29. The van der Waals surface area contributed by atoms with Crippen LogP contribution in [0, 0.1) is 17.6 Å². The number of nitrogens with one attached hydrogen (secondary N) is 2. The van der Waals surface area contributed by atoms with E-state index in [1.165, 1.54) is 0 Å². The molecule has 208 valence electrons. The molecule has 2 amide bonds. The first kappa shape index (κ1) is 27.0. The number of anilines is 3. The van der Waals surface area contributed by atoms with E-state index in [4.69, 9.17) is 22.3 Å². The van der Waals surface area contributed by atoms with Crippen LogP contribution < -0.4 is 16.4 Å². The number of fused-ring (bicyclic) bond motifs is 1. The number of nitrogens with zero attached hydrogens (tertiary/aromatic N) is 5. The van der Waals surface area contributed by atoms with E-state index in [0.29, 0.717) is 42.9 Å². The lowest BCUT2D eigenvalue weighted by molar-refractivity contribution is -0.129. The molecule has 1 atom stereocenters. The van der Waals surface area contributed by atoms with Crippen molar-refractivity contribution in [2.24, 2.45) is 11.7 Å². The van der Waals surface area contributed by atoms with Crippen molar-refractivity contribution in [2.45, 2.75) is 64.0 Å². The minimum atomic E-state index is -0.843. The molecular formula is C26H31ClF2N8O2. The number of hydrogen-bond acceptors (Lipinski definition) is 7. The van der Waals surface area contributed by atoms with Crippen molar-refractivity contribution in [3.63, 3.8) is 0 Å². The number of carbonyl (C=O) groups is 2. The number of amides is 2. The van der Waals surface area contributed by atoms with Crippen LogP contribution in [0.3, 0.4) is 0 Å². The van der Waals surface area contributed by atoms with Crippen LogP contribution in [0.2, 0.25) is 5.02 Å². The molecule has 13 heteroatoms. The number of hydrogen-bond donors (Lipinski definition) is 3. The smallest absolute Gasteiger partial charge is 0.225 e. The minimum Gasteiger partial charge on any atom is -0.370 e. The summed E-state index contributed by atoms with van der Waals surface area (Å²) in [5.74, 6) is -1.17. The van der Waals surface area contributed by atoms with Crippen molar-refractivity contribution < 1.29 is 18.4 Å². The summed E-state index contributed by atoms with van der Waals surface area (Å²) in [7, 11) is 0. The molecule has 0 bridgehead atoms. The van der Waals surface area contributed by atoms with Gasteiger partial charge in [-0.1, -0.05) is 11.6 Å². The highest BCUT2D eigenvalue weighted by Crippen LogP contribution is 2.38. The van der Waals surface area contributed by atoms with Crippen molar-refractivity contribution in [1.29, 1.82) is 0 Å². The number of nitrogens with two attached hydrogens (primary N) is 1. The average molecular weight is 561 g/mol. The molecule has 4 N–H and O–H groups in total. The van der Waals surface area contributed by atoms with Crippen LogP contribution in [-0.2, 0) is 9.59 Å². The van der Waals surface area contributed by atoms with Gasteiger partial charge in [-0.25, -0.2) is 18.7 Å².